The molecule has 2 aromatic heterocycles. The van der Waals surface area contributed by atoms with Gasteiger partial charge in [0.25, 0.3) is 5.56 Å². The van der Waals surface area contributed by atoms with E-state index in [0.29, 0.717) is 24.5 Å². The van der Waals surface area contributed by atoms with E-state index in [-0.39, 0.29) is 37.0 Å². The third-order valence-corrected chi connectivity index (χ3v) is 5.33. The van der Waals surface area contributed by atoms with Crippen LogP contribution in [0, 0.1) is 13.8 Å². The molecule has 33 heavy (non-hydrogen) atoms. The van der Waals surface area contributed by atoms with Crippen LogP contribution in [0.1, 0.15) is 43.1 Å². The van der Waals surface area contributed by atoms with Crippen LogP contribution >= 0.6 is 0 Å². The molecule has 0 atom stereocenters. The van der Waals surface area contributed by atoms with Crippen LogP contribution in [-0.4, -0.2) is 22.1 Å². The lowest BCUT2D eigenvalue weighted by molar-refractivity contribution is -0.119. The van der Waals surface area contributed by atoms with Crippen LogP contribution < -0.4 is 26.6 Å². The number of furan rings is 1. The third kappa shape index (κ3) is 5.74. The first-order valence-corrected chi connectivity index (χ1v) is 11.0. The minimum atomic E-state index is -0.722. The minimum absolute atomic E-state index is 0.00105. The highest BCUT2D eigenvalue weighted by Gasteiger charge is 2.25. The van der Waals surface area contributed by atoms with Gasteiger partial charge in [-0.05, 0) is 49.6 Å². The van der Waals surface area contributed by atoms with Crippen LogP contribution in [-0.2, 0) is 17.9 Å². The lowest BCUT2D eigenvalue weighted by Crippen LogP contribution is -2.41. The number of unbranched alkanes of at least 4 members (excludes halogenated alkanes) is 1. The van der Waals surface area contributed by atoms with Crippen molar-refractivity contribution in [3.05, 3.63) is 74.3 Å². The van der Waals surface area contributed by atoms with Gasteiger partial charge >= 0.3 is 5.69 Å². The molecular formula is C24H30N4O5. The maximum Gasteiger partial charge on any atom is 0.330 e. The second-order valence-electron chi connectivity index (χ2n) is 7.92. The molecule has 0 spiro atoms. The first-order valence-electron chi connectivity index (χ1n) is 11.0. The maximum absolute atomic E-state index is 13.2. The predicted molar refractivity (Wildman–Crippen MR) is 127 cm³/mol. The fourth-order valence-corrected chi connectivity index (χ4v) is 3.47. The average Bonchev–Trinajstić information content (AvgIpc) is 3.28. The number of rotatable bonds is 10. The van der Waals surface area contributed by atoms with Crippen LogP contribution in [0.5, 0.6) is 5.75 Å². The summed E-state index contributed by atoms with van der Waals surface area (Å²) >= 11 is 0. The maximum atomic E-state index is 13.2. The number of anilines is 2. The molecule has 0 aliphatic rings. The number of carbonyl (C=O) groups excluding carboxylic acids is 1. The van der Waals surface area contributed by atoms with E-state index in [1.807, 2.05) is 39.0 Å². The van der Waals surface area contributed by atoms with Crippen LogP contribution in [0.4, 0.5) is 11.5 Å². The monoisotopic (exact) mass is 454 g/mol. The molecule has 0 aliphatic heterocycles. The van der Waals surface area contributed by atoms with Gasteiger partial charge in [0.1, 0.15) is 17.3 Å². The topological polar surface area (TPSA) is 124 Å². The Morgan fingerprint density at radius 1 is 1.24 bits per heavy atom. The summed E-state index contributed by atoms with van der Waals surface area (Å²) in [6.07, 6.45) is 3.02. The summed E-state index contributed by atoms with van der Waals surface area (Å²) in [5, 5.41) is 0. The number of aryl methyl sites for hydroxylation is 2. The van der Waals surface area contributed by atoms with Crippen LogP contribution in [0.25, 0.3) is 0 Å². The Morgan fingerprint density at radius 2 is 2.03 bits per heavy atom. The number of nitrogens with zero attached hydrogens (tertiary/aromatic N) is 2. The molecule has 3 rings (SSSR count). The first-order chi connectivity index (χ1) is 15.8. The van der Waals surface area contributed by atoms with Gasteiger partial charge in [0.05, 0.1) is 25.8 Å². The molecule has 1 aromatic carbocycles. The lowest BCUT2D eigenvalue weighted by atomic mass is 10.1. The SMILES string of the molecule is CCCCn1c(N)c(N(Cc2ccco2)C(=O)CCOc2cc(C)ccc2C)c(=O)[nH]c1=O. The normalized spacial score (nSPS) is 10.9. The van der Waals surface area contributed by atoms with Gasteiger partial charge < -0.3 is 14.9 Å². The van der Waals surface area contributed by atoms with E-state index >= 15 is 0 Å². The summed E-state index contributed by atoms with van der Waals surface area (Å²) in [5.74, 6) is 0.747. The van der Waals surface area contributed by atoms with Crippen molar-refractivity contribution in [3.63, 3.8) is 0 Å². The number of benzene rings is 1. The van der Waals surface area contributed by atoms with E-state index in [1.165, 1.54) is 15.7 Å². The Morgan fingerprint density at radius 3 is 2.73 bits per heavy atom. The van der Waals surface area contributed by atoms with Crippen molar-refractivity contribution in [3.8, 4) is 5.75 Å². The zero-order valence-electron chi connectivity index (χ0n) is 19.2. The Labute approximate surface area is 191 Å². The second-order valence-corrected chi connectivity index (χ2v) is 7.92. The van der Waals surface area contributed by atoms with Gasteiger partial charge in [-0.25, -0.2) is 4.79 Å². The summed E-state index contributed by atoms with van der Waals surface area (Å²) in [5.41, 5.74) is 6.86. The van der Waals surface area contributed by atoms with Gasteiger partial charge in [-0.2, -0.15) is 0 Å². The largest absolute Gasteiger partial charge is 0.493 e. The molecule has 0 saturated heterocycles. The van der Waals surface area contributed by atoms with Crippen LogP contribution in [0.15, 0.2) is 50.6 Å². The van der Waals surface area contributed by atoms with E-state index in [2.05, 4.69) is 4.98 Å². The zero-order chi connectivity index (χ0) is 24.0. The number of nitrogen functional groups attached to an aromatic ring is 1. The molecule has 2 heterocycles. The summed E-state index contributed by atoms with van der Waals surface area (Å²) in [4.78, 5) is 41.8. The number of ether oxygens (including phenoxy) is 1. The highest BCUT2D eigenvalue weighted by molar-refractivity contribution is 5.95. The number of H-pyrrole nitrogens is 1. The number of hydrogen-bond acceptors (Lipinski definition) is 6. The molecule has 1 amide bonds. The fourth-order valence-electron chi connectivity index (χ4n) is 3.47. The van der Waals surface area contributed by atoms with E-state index in [0.717, 1.165) is 17.5 Å². The molecule has 9 nitrogen and oxygen atoms in total. The minimum Gasteiger partial charge on any atom is -0.493 e. The van der Waals surface area contributed by atoms with Gasteiger partial charge in [-0.15, -0.1) is 0 Å². The fraction of sp³-hybridized carbons (Fsp3) is 0.375. The molecule has 3 N–H and O–H groups in total. The van der Waals surface area contributed by atoms with Gasteiger partial charge in [-0.1, -0.05) is 25.5 Å². The third-order valence-electron chi connectivity index (χ3n) is 5.33. The molecule has 176 valence electrons. The molecule has 0 bridgehead atoms. The number of carbonyl (C=O) groups is 1. The molecule has 0 fully saturated rings. The Kier molecular flexibility index (Phi) is 7.76. The van der Waals surface area contributed by atoms with Gasteiger partial charge in [0, 0.05) is 6.54 Å². The smallest absolute Gasteiger partial charge is 0.330 e. The highest BCUT2D eigenvalue weighted by Crippen LogP contribution is 2.22. The molecule has 9 heteroatoms. The predicted octanol–water partition coefficient (Wildman–Crippen LogP) is 3.13. The Hall–Kier alpha value is -3.75. The lowest BCUT2D eigenvalue weighted by Gasteiger charge is -2.24. The Bertz CT molecular complexity index is 1210. The van der Waals surface area contributed by atoms with Gasteiger partial charge in [0.15, 0.2) is 5.69 Å². The van der Waals surface area contributed by atoms with E-state index < -0.39 is 11.2 Å². The van der Waals surface area contributed by atoms with Crippen molar-refractivity contribution in [1.82, 2.24) is 9.55 Å². The molecule has 0 saturated carbocycles. The summed E-state index contributed by atoms with van der Waals surface area (Å²) in [7, 11) is 0. The van der Waals surface area contributed by atoms with E-state index in [9.17, 15) is 14.4 Å². The number of nitrogens with one attached hydrogen (secondary N) is 1. The van der Waals surface area contributed by atoms with Crippen LogP contribution in [0.2, 0.25) is 0 Å². The number of nitrogens with two attached hydrogens (primary N) is 1. The second kappa shape index (κ2) is 10.7. The van der Waals surface area contributed by atoms with Crippen molar-refractivity contribution in [1.29, 1.82) is 0 Å². The van der Waals surface area contributed by atoms with Crippen molar-refractivity contribution in [2.45, 2.75) is 53.1 Å². The Balaban J connectivity index is 1.89. The van der Waals surface area contributed by atoms with Gasteiger partial charge in [0.2, 0.25) is 5.91 Å². The van der Waals surface area contributed by atoms with E-state index in [4.69, 9.17) is 14.9 Å². The average molecular weight is 455 g/mol. The van der Waals surface area contributed by atoms with Crippen LogP contribution in [0.3, 0.4) is 0 Å². The first kappa shape index (κ1) is 23.9. The number of aromatic amines is 1. The van der Waals surface area contributed by atoms with Crippen molar-refractivity contribution < 1.29 is 13.9 Å². The molecule has 3 aromatic rings. The highest BCUT2D eigenvalue weighted by atomic mass is 16.5. The standard InChI is InChI=1S/C24H30N4O5/c1-4-5-11-27-22(25)21(23(30)26-24(27)31)28(15-18-7-6-12-32-18)20(29)10-13-33-19-14-16(2)8-9-17(19)3/h6-9,12,14H,4-5,10-11,13,15,25H2,1-3H3,(H,26,30,31). The zero-order valence-corrected chi connectivity index (χ0v) is 19.2. The summed E-state index contributed by atoms with van der Waals surface area (Å²) < 4.78 is 12.5. The van der Waals surface area contributed by atoms with Crippen molar-refractivity contribution in [2.75, 3.05) is 17.2 Å². The number of aromatic nitrogens is 2. The molecular weight excluding hydrogens is 424 g/mol. The van der Waals surface area contributed by atoms with Crippen molar-refractivity contribution >= 4 is 17.4 Å². The molecule has 0 unspecified atom stereocenters. The quantitative estimate of drug-likeness (QED) is 0.485. The van der Waals surface area contributed by atoms with Gasteiger partial charge in [-0.3, -0.25) is 24.0 Å². The van der Waals surface area contributed by atoms with Crippen molar-refractivity contribution in [2.24, 2.45) is 0 Å². The summed E-state index contributed by atoms with van der Waals surface area (Å²) in [6, 6.07) is 9.24. The molecule has 0 radical (unpaired) electrons. The number of hydrogen-bond donors (Lipinski definition) is 2. The summed E-state index contributed by atoms with van der Waals surface area (Å²) in [6.45, 7) is 6.32. The van der Waals surface area contributed by atoms with E-state index in [1.54, 1.807) is 12.1 Å². The number of amides is 1. The molecule has 0 aliphatic carbocycles.